The summed E-state index contributed by atoms with van der Waals surface area (Å²) in [7, 11) is 0. The summed E-state index contributed by atoms with van der Waals surface area (Å²) in [5.41, 5.74) is 1.61. The Balaban J connectivity index is 2.01. The van der Waals surface area contributed by atoms with Crippen molar-refractivity contribution in [3.05, 3.63) is 60.2 Å². The second-order valence-electron chi connectivity index (χ2n) is 6.26. The molecule has 26 heavy (non-hydrogen) atoms. The van der Waals surface area contributed by atoms with Crippen molar-refractivity contribution in [1.29, 1.82) is 0 Å². The van der Waals surface area contributed by atoms with E-state index >= 15 is 0 Å². The van der Waals surface area contributed by atoms with Gasteiger partial charge >= 0.3 is 0 Å². The number of nitrogens with one attached hydrogen (secondary N) is 1. The quantitative estimate of drug-likeness (QED) is 0.733. The van der Waals surface area contributed by atoms with Gasteiger partial charge in [-0.1, -0.05) is 42.5 Å². The maximum atomic E-state index is 12.6. The summed E-state index contributed by atoms with van der Waals surface area (Å²) in [5, 5.41) is 2.77. The predicted octanol–water partition coefficient (Wildman–Crippen LogP) is 3.85. The van der Waals surface area contributed by atoms with Gasteiger partial charge in [0.2, 0.25) is 11.8 Å². The van der Waals surface area contributed by atoms with Crippen molar-refractivity contribution in [2.24, 2.45) is 0 Å². The number of carbonyl (C=O) groups excluding carboxylic acids is 2. The minimum absolute atomic E-state index is 0.00576. The highest BCUT2D eigenvalue weighted by Gasteiger charge is 2.20. The zero-order chi connectivity index (χ0) is 18.9. The second kappa shape index (κ2) is 9.61. The van der Waals surface area contributed by atoms with Gasteiger partial charge in [0.1, 0.15) is 12.2 Å². The molecule has 0 aliphatic rings. The van der Waals surface area contributed by atoms with Gasteiger partial charge in [0, 0.05) is 12.6 Å². The monoisotopic (exact) mass is 354 g/mol. The minimum atomic E-state index is -0.346. The number of benzene rings is 2. The maximum absolute atomic E-state index is 12.6. The molecule has 2 aromatic carbocycles. The van der Waals surface area contributed by atoms with Gasteiger partial charge in [-0.05, 0) is 38.5 Å². The fourth-order valence-corrected chi connectivity index (χ4v) is 2.62. The van der Waals surface area contributed by atoms with Crippen molar-refractivity contribution in [2.45, 2.75) is 39.8 Å². The van der Waals surface area contributed by atoms with Crippen LogP contribution < -0.4 is 10.1 Å². The molecule has 0 unspecified atom stereocenters. The summed E-state index contributed by atoms with van der Waals surface area (Å²) in [6.45, 7) is 6.77. The van der Waals surface area contributed by atoms with Crippen LogP contribution in [0.25, 0.3) is 0 Å². The Bertz CT molecular complexity index is 729. The molecule has 0 aliphatic carbocycles. The van der Waals surface area contributed by atoms with Crippen LogP contribution in [0, 0.1) is 0 Å². The van der Waals surface area contributed by atoms with Crippen LogP contribution in [0.4, 0.5) is 5.69 Å². The molecule has 138 valence electrons. The Morgan fingerprint density at radius 2 is 1.69 bits per heavy atom. The Morgan fingerprint density at radius 1 is 1.04 bits per heavy atom. The number of hydrogen-bond acceptors (Lipinski definition) is 3. The van der Waals surface area contributed by atoms with Crippen LogP contribution in [0.1, 0.15) is 32.8 Å². The van der Waals surface area contributed by atoms with E-state index in [2.05, 4.69) is 5.32 Å². The molecule has 0 saturated heterocycles. The molecular formula is C21H26N2O3. The van der Waals surface area contributed by atoms with Gasteiger partial charge in [-0.25, -0.2) is 0 Å². The molecule has 5 nitrogen and oxygen atoms in total. The largest absolute Gasteiger partial charge is 0.492 e. The average Bonchev–Trinajstić information content (AvgIpc) is 2.62. The number of nitrogens with zero attached hydrogens (tertiary/aromatic N) is 1. The number of hydrogen-bond donors (Lipinski definition) is 1. The first-order chi connectivity index (χ1) is 12.5. The Morgan fingerprint density at radius 3 is 2.35 bits per heavy atom. The van der Waals surface area contributed by atoms with Gasteiger partial charge in [-0.3, -0.25) is 9.59 Å². The first-order valence-electron chi connectivity index (χ1n) is 8.86. The van der Waals surface area contributed by atoms with Crippen molar-refractivity contribution in [1.82, 2.24) is 4.90 Å². The summed E-state index contributed by atoms with van der Waals surface area (Å²) in [6.07, 6.45) is -0.203. The Hall–Kier alpha value is -2.82. The molecule has 0 saturated carbocycles. The van der Waals surface area contributed by atoms with E-state index in [9.17, 15) is 9.59 Å². The van der Waals surface area contributed by atoms with E-state index in [1.54, 1.807) is 17.0 Å². The normalized spacial score (nSPS) is 10.5. The number of ether oxygens (including phenoxy) is 1. The fraction of sp³-hybridized carbons (Fsp3) is 0.333. The third-order valence-electron chi connectivity index (χ3n) is 3.91. The lowest BCUT2D eigenvalue weighted by Gasteiger charge is -2.27. The fourth-order valence-electron chi connectivity index (χ4n) is 2.62. The standard InChI is InChI=1S/C21H26N2O3/c1-4-26-19-13-9-8-12-18(19)22-20(24)14-21(25)23(16(2)3)15-17-10-6-5-7-11-17/h5-13,16H,4,14-15H2,1-3H3,(H,22,24). The average molecular weight is 354 g/mol. The van der Waals surface area contributed by atoms with E-state index in [4.69, 9.17) is 4.74 Å². The first kappa shape index (κ1) is 19.5. The number of anilines is 1. The topological polar surface area (TPSA) is 58.6 Å². The summed E-state index contributed by atoms with van der Waals surface area (Å²) in [4.78, 5) is 26.7. The van der Waals surface area contributed by atoms with Gasteiger partial charge in [-0.2, -0.15) is 0 Å². The third kappa shape index (κ3) is 5.62. The number of rotatable bonds is 8. The number of amides is 2. The van der Waals surface area contributed by atoms with Crippen LogP contribution in [0.5, 0.6) is 5.75 Å². The molecule has 2 aromatic rings. The van der Waals surface area contributed by atoms with Gasteiger partial charge in [-0.15, -0.1) is 0 Å². The summed E-state index contributed by atoms with van der Waals surface area (Å²) in [5.74, 6) is 0.0527. The number of carbonyl (C=O) groups is 2. The summed E-state index contributed by atoms with van der Waals surface area (Å²) >= 11 is 0. The minimum Gasteiger partial charge on any atom is -0.492 e. The first-order valence-corrected chi connectivity index (χ1v) is 8.86. The van der Waals surface area contributed by atoms with Gasteiger partial charge < -0.3 is 15.0 Å². The SMILES string of the molecule is CCOc1ccccc1NC(=O)CC(=O)N(Cc1ccccc1)C(C)C. The molecule has 0 fully saturated rings. The zero-order valence-electron chi connectivity index (χ0n) is 15.6. The third-order valence-corrected chi connectivity index (χ3v) is 3.91. The van der Waals surface area contributed by atoms with Crippen molar-refractivity contribution in [3.63, 3.8) is 0 Å². The lowest BCUT2D eigenvalue weighted by atomic mass is 10.1. The van der Waals surface area contributed by atoms with E-state index in [0.717, 1.165) is 5.56 Å². The summed E-state index contributed by atoms with van der Waals surface area (Å²) < 4.78 is 5.50. The molecule has 0 bridgehead atoms. The Labute approximate surface area is 155 Å². The lowest BCUT2D eigenvalue weighted by Crippen LogP contribution is -2.38. The van der Waals surface area contributed by atoms with Crippen LogP contribution in [0.3, 0.4) is 0 Å². The van der Waals surface area contributed by atoms with Crippen molar-refractivity contribution in [3.8, 4) is 5.75 Å². The van der Waals surface area contributed by atoms with Crippen LogP contribution in [0.15, 0.2) is 54.6 Å². The van der Waals surface area contributed by atoms with E-state index in [0.29, 0.717) is 24.6 Å². The zero-order valence-corrected chi connectivity index (χ0v) is 15.6. The van der Waals surface area contributed by atoms with Crippen molar-refractivity contribution >= 4 is 17.5 Å². The molecule has 0 aromatic heterocycles. The van der Waals surface area contributed by atoms with Crippen molar-refractivity contribution in [2.75, 3.05) is 11.9 Å². The molecule has 5 heteroatoms. The smallest absolute Gasteiger partial charge is 0.233 e. The van der Waals surface area contributed by atoms with E-state index in [1.807, 2.05) is 63.2 Å². The molecule has 0 heterocycles. The molecule has 2 rings (SSSR count). The molecular weight excluding hydrogens is 328 g/mol. The van der Waals surface area contributed by atoms with Gasteiger partial charge in [0.15, 0.2) is 0 Å². The highest BCUT2D eigenvalue weighted by Crippen LogP contribution is 2.24. The highest BCUT2D eigenvalue weighted by molar-refractivity contribution is 6.04. The molecule has 0 aliphatic heterocycles. The predicted molar refractivity (Wildman–Crippen MR) is 103 cm³/mol. The second-order valence-corrected chi connectivity index (χ2v) is 6.26. The van der Waals surface area contributed by atoms with E-state index in [-0.39, 0.29) is 24.3 Å². The number of para-hydroxylation sites is 2. The molecule has 0 spiro atoms. The van der Waals surface area contributed by atoms with Gasteiger partial charge in [0.25, 0.3) is 0 Å². The maximum Gasteiger partial charge on any atom is 0.233 e. The van der Waals surface area contributed by atoms with Crippen LogP contribution in [-0.2, 0) is 16.1 Å². The Kier molecular flexibility index (Phi) is 7.21. The molecule has 0 radical (unpaired) electrons. The molecule has 2 amide bonds. The van der Waals surface area contributed by atoms with Crippen LogP contribution >= 0.6 is 0 Å². The van der Waals surface area contributed by atoms with Crippen molar-refractivity contribution < 1.29 is 14.3 Å². The lowest BCUT2D eigenvalue weighted by molar-refractivity contribution is -0.136. The highest BCUT2D eigenvalue weighted by atomic mass is 16.5. The molecule has 0 atom stereocenters. The van der Waals surface area contributed by atoms with E-state index < -0.39 is 0 Å². The van der Waals surface area contributed by atoms with E-state index in [1.165, 1.54) is 0 Å². The van der Waals surface area contributed by atoms with Crippen LogP contribution in [-0.4, -0.2) is 29.4 Å². The van der Waals surface area contributed by atoms with Crippen LogP contribution in [0.2, 0.25) is 0 Å². The van der Waals surface area contributed by atoms with Gasteiger partial charge in [0.05, 0.1) is 12.3 Å². The molecule has 1 N–H and O–H groups in total. The summed E-state index contributed by atoms with van der Waals surface area (Å²) in [6, 6.07) is 17.0.